The highest BCUT2D eigenvalue weighted by Crippen LogP contribution is 2.32. The zero-order valence-electron chi connectivity index (χ0n) is 9.49. The van der Waals surface area contributed by atoms with Gasteiger partial charge in [-0.1, -0.05) is 23.2 Å². The molecule has 1 aromatic carbocycles. The number of nitrogens with two attached hydrogens (primary N) is 1. The molecular weight excluding hydrogens is 299 g/mol. The Morgan fingerprint density at radius 3 is 2.56 bits per heavy atom. The second-order valence-corrected chi connectivity index (χ2v) is 6.12. The van der Waals surface area contributed by atoms with Crippen LogP contribution in [-0.2, 0) is 10.0 Å². The van der Waals surface area contributed by atoms with Crippen molar-refractivity contribution < 1.29 is 13.5 Å². The molecule has 0 fully saturated rings. The van der Waals surface area contributed by atoms with Gasteiger partial charge in [-0.2, -0.15) is 0 Å². The highest BCUT2D eigenvalue weighted by molar-refractivity contribution is 7.89. The third-order valence-electron chi connectivity index (χ3n) is 2.26. The van der Waals surface area contributed by atoms with E-state index in [9.17, 15) is 8.42 Å². The number of halogens is 2. The Labute approximate surface area is 116 Å². The standard InChI is InChI=1S/C10H14Cl2N2O3S/c11-7-3-4-8(9(12)10(7)13)18(16,17)14-5-1-2-6-15/h3-4,14-15H,1-2,5-6,13H2. The van der Waals surface area contributed by atoms with Crippen LogP contribution in [0.4, 0.5) is 5.69 Å². The molecule has 4 N–H and O–H groups in total. The van der Waals surface area contributed by atoms with Gasteiger partial charge in [0.1, 0.15) is 4.90 Å². The SMILES string of the molecule is Nc1c(Cl)ccc(S(=O)(=O)NCCCCO)c1Cl. The van der Waals surface area contributed by atoms with Gasteiger partial charge in [0.2, 0.25) is 10.0 Å². The summed E-state index contributed by atoms with van der Waals surface area (Å²) >= 11 is 11.6. The lowest BCUT2D eigenvalue weighted by Gasteiger charge is -2.10. The number of unbranched alkanes of at least 4 members (excludes halogenated alkanes) is 1. The molecule has 0 radical (unpaired) electrons. The Bertz CT molecular complexity index is 520. The van der Waals surface area contributed by atoms with E-state index in [1.807, 2.05) is 0 Å². The van der Waals surface area contributed by atoms with Gasteiger partial charge in [0.25, 0.3) is 0 Å². The van der Waals surface area contributed by atoms with Crippen LogP contribution < -0.4 is 10.5 Å². The van der Waals surface area contributed by atoms with Crippen molar-refractivity contribution in [3.63, 3.8) is 0 Å². The first-order valence-corrected chi connectivity index (χ1v) is 7.48. The lowest BCUT2D eigenvalue weighted by molar-refractivity contribution is 0.285. The summed E-state index contributed by atoms with van der Waals surface area (Å²) in [5.41, 5.74) is 5.61. The number of aliphatic hydroxyl groups excluding tert-OH is 1. The first-order valence-electron chi connectivity index (χ1n) is 5.24. The normalized spacial score (nSPS) is 11.7. The van der Waals surface area contributed by atoms with E-state index in [1.54, 1.807) is 0 Å². The average Bonchev–Trinajstić information content (AvgIpc) is 2.31. The van der Waals surface area contributed by atoms with Gasteiger partial charge in [-0.05, 0) is 25.0 Å². The molecule has 0 amide bonds. The van der Waals surface area contributed by atoms with Crippen molar-refractivity contribution >= 4 is 38.9 Å². The Balaban J connectivity index is 2.89. The van der Waals surface area contributed by atoms with Crippen molar-refractivity contribution in [1.82, 2.24) is 4.72 Å². The predicted octanol–water partition coefficient (Wildman–Crippen LogP) is 1.63. The van der Waals surface area contributed by atoms with Gasteiger partial charge < -0.3 is 10.8 Å². The number of nitrogens with one attached hydrogen (secondary N) is 1. The summed E-state index contributed by atoms with van der Waals surface area (Å²) in [7, 11) is -3.71. The van der Waals surface area contributed by atoms with E-state index in [2.05, 4.69) is 4.72 Å². The number of aliphatic hydroxyl groups is 1. The molecule has 0 saturated heterocycles. The third-order valence-corrected chi connectivity index (χ3v) is 4.61. The Kier molecular flexibility index (Phi) is 5.68. The Morgan fingerprint density at radius 2 is 1.94 bits per heavy atom. The molecule has 18 heavy (non-hydrogen) atoms. The summed E-state index contributed by atoms with van der Waals surface area (Å²) in [6.45, 7) is 0.248. The van der Waals surface area contributed by atoms with Crippen molar-refractivity contribution in [1.29, 1.82) is 0 Å². The van der Waals surface area contributed by atoms with Gasteiger partial charge >= 0.3 is 0 Å². The van der Waals surface area contributed by atoms with Crippen LogP contribution in [-0.4, -0.2) is 26.7 Å². The van der Waals surface area contributed by atoms with E-state index < -0.39 is 10.0 Å². The molecule has 0 aliphatic carbocycles. The highest BCUT2D eigenvalue weighted by atomic mass is 35.5. The van der Waals surface area contributed by atoms with Crippen LogP contribution in [0.2, 0.25) is 10.0 Å². The third kappa shape index (κ3) is 3.73. The summed E-state index contributed by atoms with van der Waals surface area (Å²) in [6.07, 6.45) is 1.06. The van der Waals surface area contributed by atoms with Crippen LogP contribution in [0.3, 0.4) is 0 Å². The topological polar surface area (TPSA) is 92.4 Å². The zero-order valence-corrected chi connectivity index (χ0v) is 11.8. The molecule has 0 aromatic heterocycles. The fraction of sp³-hybridized carbons (Fsp3) is 0.400. The minimum absolute atomic E-state index is 0.0242. The van der Waals surface area contributed by atoms with Gasteiger partial charge in [-0.25, -0.2) is 13.1 Å². The van der Waals surface area contributed by atoms with E-state index in [4.69, 9.17) is 34.0 Å². The summed E-state index contributed by atoms with van der Waals surface area (Å²) in [5, 5.41) is 8.72. The number of nitrogen functional groups attached to an aromatic ring is 1. The Hall–Kier alpha value is -0.530. The molecule has 0 spiro atoms. The number of hydrogen-bond acceptors (Lipinski definition) is 4. The number of rotatable bonds is 6. The second kappa shape index (κ2) is 6.58. The molecule has 1 rings (SSSR count). The fourth-order valence-electron chi connectivity index (χ4n) is 1.28. The number of hydrogen-bond donors (Lipinski definition) is 3. The quantitative estimate of drug-likeness (QED) is 0.550. The summed E-state index contributed by atoms with van der Waals surface area (Å²) in [4.78, 5) is -0.102. The smallest absolute Gasteiger partial charge is 0.242 e. The van der Waals surface area contributed by atoms with E-state index in [0.717, 1.165) is 0 Å². The first-order chi connectivity index (χ1) is 8.40. The fourth-order valence-corrected chi connectivity index (χ4v) is 3.12. The van der Waals surface area contributed by atoms with Gasteiger partial charge in [-0.3, -0.25) is 0 Å². The summed E-state index contributed by atoms with van der Waals surface area (Å²) < 4.78 is 26.2. The highest BCUT2D eigenvalue weighted by Gasteiger charge is 2.20. The van der Waals surface area contributed by atoms with Gasteiger partial charge in [-0.15, -0.1) is 0 Å². The van der Waals surface area contributed by atoms with Crippen molar-refractivity contribution in [2.75, 3.05) is 18.9 Å². The summed E-state index contributed by atoms with van der Waals surface area (Å²) in [5.74, 6) is 0. The average molecular weight is 313 g/mol. The maximum Gasteiger partial charge on any atom is 0.242 e. The summed E-state index contributed by atoms with van der Waals surface area (Å²) in [6, 6.07) is 2.68. The molecule has 0 heterocycles. The number of benzene rings is 1. The molecule has 0 aliphatic rings. The lowest BCUT2D eigenvalue weighted by Crippen LogP contribution is -2.25. The monoisotopic (exact) mass is 312 g/mol. The van der Waals surface area contributed by atoms with E-state index in [1.165, 1.54) is 12.1 Å². The molecule has 0 unspecified atom stereocenters. The molecular formula is C10H14Cl2N2O3S. The zero-order chi connectivity index (χ0) is 13.8. The van der Waals surface area contributed by atoms with Crippen LogP contribution in [0.15, 0.2) is 17.0 Å². The van der Waals surface area contributed by atoms with E-state index in [0.29, 0.717) is 12.8 Å². The van der Waals surface area contributed by atoms with Crippen LogP contribution in [0.25, 0.3) is 0 Å². The molecule has 0 atom stereocenters. The maximum atomic E-state index is 11.9. The van der Waals surface area contributed by atoms with E-state index >= 15 is 0 Å². The predicted molar refractivity (Wildman–Crippen MR) is 72.4 cm³/mol. The maximum absolute atomic E-state index is 11.9. The minimum atomic E-state index is -3.71. The largest absolute Gasteiger partial charge is 0.396 e. The molecule has 5 nitrogen and oxygen atoms in total. The van der Waals surface area contributed by atoms with Crippen molar-refractivity contribution in [2.24, 2.45) is 0 Å². The molecule has 0 aliphatic heterocycles. The van der Waals surface area contributed by atoms with Gasteiger partial charge in [0.05, 0.1) is 15.7 Å². The lowest BCUT2D eigenvalue weighted by atomic mass is 10.3. The van der Waals surface area contributed by atoms with Crippen molar-refractivity contribution in [3.05, 3.63) is 22.2 Å². The Morgan fingerprint density at radius 1 is 1.28 bits per heavy atom. The van der Waals surface area contributed by atoms with Crippen molar-refractivity contribution in [3.8, 4) is 0 Å². The van der Waals surface area contributed by atoms with Gasteiger partial charge in [0.15, 0.2) is 0 Å². The molecule has 0 saturated carbocycles. The molecule has 8 heteroatoms. The van der Waals surface area contributed by atoms with Crippen LogP contribution >= 0.6 is 23.2 Å². The van der Waals surface area contributed by atoms with Crippen LogP contribution in [0, 0.1) is 0 Å². The molecule has 1 aromatic rings. The van der Waals surface area contributed by atoms with E-state index in [-0.39, 0.29) is 33.8 Å². The second-order valence-electron chi connectivity index (χ2n) is 3.60. The molecule has 102 valence electrons. The molecule has 0 bridgehead atoms. The van der Waals surface area contributed by atoms with Crippen LogP contribution in [0.5, 0.6) is 0 Å². The minimum Gasteiger partial charge on any atom is -0.396 e. The number of anilines is 1. The number of sulfonamides is 1. The van der Waals surface area contributed by atoms with Crippen LogP contribution in [0.1, 0.15) is 12.8 Å². The van der Waals surface area contributed by atoms with Crippen molar-refractivity contribution in [2.45, 2.75) is 17.7 Å². The van der Waals surface area contributed by atoms with Gasteiger partial charge in [0, 0.05) is 13.2 Å². The first kappa shape index (κ1) is 15.5.